The molecule has 0 atom stereocenters. The maximum absolute atomic E-state index is 12.9. The van der Waals surface area contributed by atoms with Crippen molar-refractivity contribution in [1.29, 1.82) is 0 Å². The van der Waals surface area contributed by atoms with Crippen molar-refractivity contribution in [3.8, 4) is 0 Å². The van der Waals surface area contributed by atoms with Crippen molar-refractivity contribution >= 4 is 49.9 Å². The van der Waals surface area contributed by atoms with E-state index >= 15 is 0 Å². The molecule has 0 aromatic carbocycles. The Morgan fingerprint density at radius 2 is 1.41 bits per heavy atom. The van der Waals surface area contributed by atoms with Gasteiger partial charge >= 0.3 is 0 Å². The predicted octanol–water partition coefficient (Wildman–Crippen LogP) is 3.56. The molecule has 0 bridgehead atoms. The Morgan fingerprint density at radius 3 is 1.89 bits per heavy atom. The Bertz CT molecular complexity index is 881. The zero-order chi connectivity index (χ0) is 19.1. The van der Waals surface area contributed by atoms with Crippen molar-refractivity contribution in [2.75, 3.05) is 12.3 Å². The van der Waals surface area contributed by atoms with Crippen LogP contribution in [0.25, 0.3) is 0 Å². The molecular formula is C18H20N2O3S4. The Morgan fingerprint density at radius 1 is 0.889 bits per heavy atom. The lowest BCUT2D eigenvalue weighted by Crippen LogP contribution is -2.37. The van der Waals surface area contributed by atoms with Gasteiger partial charge in [0.05, 0.1) is 12.2 Å². The summed E-state index contributed by atoms with van der Waals surface area (Å²) in [6, 6.07) is 11.5. The maximum Gasteiger partial charge on any atom is 0.225 e. The standard InChI is InChI=1S/C18H20N2O3S4/c21-18(12-15-4-1-8-24-15)19-7-11-27(22,23)20(13-16-5-2-9-25-16)14-17-6-3-10-26-17/h1-6,8-10H,7,11-14H2,(H,19,21). The molecule has 0 aliphatic carbocycles. The highest BCUT2D eigenvalue weighted by Gasteiger charge is 2.23. The highest BCUT2D eigenvalue weighted by atomic mass is 32.2. The minimum atomic E-state index is -3.50. The Labute approximate surface area is 171 Å². The summed E-state index contributed by atoms with van der Waals surface area (Å²) >= 11 is 4.59. The molecule has 0 saturated carbocycles. The predicted molar refractivity (Wildman–Crippen MR) is 113 cm³/mol. The van der Waals surface area contributed by atoms with Gasteiger partial charge in [0.15, 0.2) is 0 Å². The van der Waals surface area contributed by atoms with Crippen LogP contribution in [-0.4, -0.2) is 30.9 Å². The molecule has 0 unspecified atom stereocenters. The van der Waals surface area contributed by atoms with Gasteiger partial charge in [-0.1, -0.05) is 18.2 Å². The lowest BCUT2D eigenvalue weighted by Gasteiger charge is -2.21. The number of rotatable bonds is 10. The van der Waals surface area contributed by atoms with Crippen molar-refractivity contribution in [3.63, 3.8) is 0 Å². The first-order chi connectivity index (χ1) is 13.0. The minimum absolute atomic E-state index is 0.109. The average molecular weight is 441 g/mol. The number of hydrogen-bond donors (Lipinski definition) is 1. The van der Waals surface area contributed by atoms with Gasteiger partial charge < -0.3 is 5.32 Å². The lowest BCUT2D eigenvalue weighted by molar-refractivity contribution is -0.120. The summed E-state index contributed by atoms with van der Waals surface area (Å²) in [6.07, 6.45) is 0.284. The minimum Gasteiger partial charge on any atom is -0.355 e. The van der Waals surface area contributed by atoms with Crippen molar-refractivity contribution in [3.05, 3.63) is 67.2 Å². The van der Waals surface area contributed by atoms with Crippen LogP contribution >= 0.6 is 34.0 Å². The Kier molecular flexibility index (Phi) is 7.20. The third-order valence-electron chi connectivity index (χ3n) is 3.82. The summed E-state index contributed by atoms with van der Waals surface area (Å²) < 4.78 is 27.2. The molecule has 3 aromatic rings. The smallest absolute Gasteiger partial charge is 0.225 e. The van der Waals surface area contributed by atoms with Gasteiger partial charge in [-0.15, -0.1) is 34.0 Å². The Balaban J connectivity index is 1.58. The normalized spacial score (nSPS) is 11.7. The summed E-state index contributed by atoms with van der Waals surface area (Å²) in [5.74, 6) is -0.268. The number of thiophene rings is 3. The van der Waals surface area contributed by atoms with Crippen LogP contribution in [0.4, 0.5) is 0 Å². The second kappa shape index (κ2) is 9.61. The summed E-state index contributed by atoms with van der Waals surface area (Å²) in [5.41, 5.74) is 0. The molecule has 0 aliphatic rings. The molecule has 144 valence electrons. The van der Waals surface area contributed by atoms with E-state index in [4.69, 9.17) is 0 Å². The molecule has 1 amide bonds. The number of nitrogens with one attached hydrogen (secondary N) is 1. The van der Waals surface area contributed by atoms with Crippen molar-refractivity contribution in [1.82, 2.24) is 9.62 Å². The molecule has 3 heterocycles. The molecule has 9 heteroatoms. The van der Waals surface area contributed by atoms with Crippen LogP contribution in [0.3, 0.4) is 0 Å². The van der Waals surface area contributed by atoms with Crippen LogP contribution in [0.2, 0.25) is 0 Å². The van der Waals surface area contributed by atoms with E-state index in [0.717, 1.165) is 14.6 Å². The molecule has 5 nitrogen and oxygen atoms in total. The van der Waals surface area contributed by atoms with Crippen LogP contribution < -0.4 is 5.32 Å². The van der Waals surface area contributed by atoms with Crippen LogP contribution in [0.15, 0.2) is 52.5 Å². The molecule has 0 aliphatic heterocycles. The zero-order valence-corrected chi connectivity index (χ0v) is 17.8. The summed E-state index contributed by atoms with van der Waals surface area (Å²) in [6.45, 7) is 0.806. The summed E-state index contributed by atoms with van der Waals surface area (Å²) in [4.78, 5) is 14.9. The van der Waals surface area contributed by atoms with Crippen molar-refractivity contribution in [2.24, 2.45) is 0 Å². The number of sulfonamides is 1. The van der Waals surface area contributed by atoms with Gasteiger partial charge in [-0.25, -0.2) is 8.42 Å². The van der Waals surface area contributed by atoms with Crippen molar-refractivity contribution in [2.45, 2.75) is 19.5 Å². The monoisotopic (exact) mass is 440 g/mol. The maximum atomic E-state index is 12.9. The SMILES string of the molecule is O=C(Cc1cccs1)NCCS(=O)(=O)N(Cc1cccs1)Cc1cccs1. The number of hydrogen-bond acceptors (Lipinski definition) is 6. The van der Waals surface area contributed by atoms with Gasteiger partial charge in [0, 0.05) is 34.3 Å². The van der Waals surface area contributed by atoms with E-state index in [1.165, 1.54) is 38.3 Å². The number of amides is 1. The zero-order valence-electron chi connectivity index (χ0n) is 14.5. The van der Waals surface area contributed by atoms with E-state index < -0.39 is 10.0 Å². The van der Waals surface area contributed by atoms with Crippen LogP contribution in [-0.2, 0) is 34.3 Å². The molecule has 0 radical (unpaired) electrons. The molecule has 3 rings (SSSR count). The molecule has 3 aromatic heterocycles. The Hall–Kier alpha value is -1.52. The first-order valence-electron chi connectivity index (χ1n) is 8.34. The number of nitrogens with zero attached hydrogens (tertiary/aromatic N) is 1. The first-order valence-corrected chi connectivity index (χ1v) is 12.6. The highest BCUT2D eigenvalue weighted by molar-refractivity contribution is 7.89. The fraction of sp³-hybridized carbons (Fsp3) is 0.278. The molecule has 0 spiro atoms. The van der Waals surface area contributed by atoms with E-state index in [1.54, 1.807) is 0 Å². The molecule has 27 heavy (non-hydrogen) atoms. The van der Waals surface area contributed by atoms with E-state index in [1.807, 2.05) is 52.5 Å². The fourth-order valence-electron chi connectivity index (χ4n) is 2.49. The topological polar surface area (TPSA) is 66.5 Å². The second-order valence-corrected chi connectivity index (χ2v) is 11.0. The van der Waals surface area contributed by atoms with Crippen molar-refractivity contribution < 1.29 is 13.2 Å². The fourth-order valence-corrected chi connectivity index (χ4v) is 6.08. The van der Waals surface area contributed by atoms with Crippen LogP contribution in [0.1, 0.15) is 14.6 Å². The summed E-state index contributed by atoms with van der Waals surface area (Å²) in [7, 11) is -3.50. The van der Waals surface area contributed by atoms with Gasteiger partial charge in [0.2, 0.25) is 15.9 Å². The van der Waals surface area contributed by atoms with Gasteiger partial charge in [-0.05, 0) is 34.3 Å². The van der Waals surface area contributed by atoms with Gasteiger partial charge in [0.25, 0.3) is 0 Å². The van der Waals surface area contributed by atoms with Gasteiger partial charge in [-0.3, -0.25) is 4.79 Å². The first kappa shape index (κ1) is 20.2. The van der Waals surface area contributed by atoms with E-state index in [-0.39, 0.29) is 24.6 Å². The molecule has 0 saturated heterocycles. The summed E-state index contributed by atoms with van der Waals surface area (Å²) in [5, 5.41) is 8.51. The van der Waals surface area contributed by atoms with E-state index in [9.17, 15) is 13.2 Å². The number of carbonyl (C=O) groups excluding carboxylic acids is 1. The lowest BCUT2D eigenvalue weighted by atomic mass is 10.3. The third kappa shape index (κ3) is 6.25. The van der Waals surface area contributed by atoms with Gasteiger partial charge in [-0.2, -0.15) is 4.31 Å². The van der Waals surface area contributed by atoms with Gasteiger partial charge in [0.1, 0.15) is 0 Å². The average Bonchev–Trinajstić information content (AvgIpc) is 3.38. The molecular weight excluding hydrogens is 420 g/mol. The molecule has 0 fully saturated rings. The largest absolute Gasteiger partial charge is 0.355 e. The quantitative estimate of drug-likeness (QED) is 0.524. The molecule has 1 N–H and O–H groups in total. The third-order valence-corrected chi connectivity index (χ3v) is 8.18. The van der Waals surface area contributed by atoms with Crippen LogP contribution in [0.5, 0.6) is 0 Å². The second-order valence-electron chi connectivity index (χ2n) is 5.85. The number of carbonyl (C=O) groups is 1. The van der Waals surface area contributed by atoms with Crippen LogP contribution in [0, 0.1) is 0 Å². The van der Waals surface area contributed by atoms with E-state index in [0.29, 0.717) is 13.1 Å². The highest BCUT2D eigenvalue weighted by Crippen LogP contribution is 2.20. The van der Waals surface area contributed by atoms with E-state index in [2.05, 4.69) is 5.32 Å².